The van der Waals surface area contributed by atoms with Gasteiger partial charge in [-0.1, -0.05) is 5.92 Å². The molecule has 0 aliphatic carbocycles. The summed E-state index contributed by atoms with van der Waals surface area (Å²) in [5.74, 6) is 2.35. The molecule has 5 atom stereocenters. The number of aliphatic hydroxyl groups is 4. The lowest BCUT2D eigenvalue weighted by Crippen LogP contribution is -2.59. The zero-order valence-electron chi connectivity index (χ0n) is 13.5. The smallest absolute Gasteiger partial charge is 0.186 e. The quantitative estimate of drug-likeness (QED) is 0.223. The Balaban J connectivity index is 2.03. The number of hydrogen-bond donors (Lipinski definition) is 4. The van der Waals surface area contributed by atoms with Crippen molar-refractivity contribution in [3.05, 3.63) is 0 Å². The molecule has 9 nitrogen and oxygen atoms in total. The predicted molar refractivity (Wildman–Crippen MR) is 81.0 cm³/mol. The summed E-state index contributed by atoms with van der Waals surface area (Å²) < 4.78 is 26.0. The Morgan fingerprint density at radius 1 is 0.833 bits per heavy atom. The van der Waals surface area contributed by atoms with Crippen molar-refractivity contribution >= 4 is 0 Å². The van der Waals surface area contributed by atoms with Crippen molar-refractivity contribution < 1.29 is 44.1 Å². The largest absolute Gasteiger partial charge is 0.394 e. The fraction of sp³-hybridized carbons (Fsp3) is 0.867. The van der Waals surface area contributed by atoms with Gasteiger partial charge < -0.3 is 44.1 Å². The Kier molecular flexibility index (Phi) is 11.1. The molecular formula is C15H26O9. The lowest BCUT2D eigenvalue weighted by molar-refractivity contribution is -0.302. The zero-order valence-corrected chi connectivity index (χ0v) is 13.5. The molecule has 1 fully saturated rings. The van der Waals surface area contributed by atoms with Crippen LogP contribution in [0.25, 0.3) is 0 Å². The molecule has 0 spiro atoms. The minimum absolute atomic E-state index is 0.105. The molecule has 0 aromatic heterocycles. The van der Waals surface area contributed by atoms with Gasteiger partial charge in [-0.15, -0.1) is 6.42 Å². The summed E-state index contributed by atoms with van der Waals surface area (Å²) in [4.78, 5) is 0. The van der Waals surface area contributed by atoms with E-state index >= 15 is 0 Å². The third-order valence-electron chi connectivity index (χ3n) is 3.29. The SMILES string of the molecule is C#CCOCCOCCOCCO[C@H]1OC(CO)[C@@H](O)C(O)C1O. The van der Waals surface area contributed by atoms with Gasteiger partial charge in [-0.3, -0.25) is 0 Å². The van der Waals surface area contributed by atoms with E-state index < -0.39 is 37.3 Å². The van der Waals surface area contributed by atoms with Crippen molar-refractivity contribution in [1.82, 2.24) is 0 Å². The van der Waals surface area contributed by atoms with Gasteiger partial charge in [0.05, 0.1) is 46.2 Å². The van der Waals surface area contributed by atoms with E-state index in [0.29, 0.717) is 26.4 Å². The first kappa shape index (κ1) is 21.2. The maximum atomic E-state index is 9.76. The first-order chi connectivity index (χ1) is 11.6. The van der Waals surface area contributed by atoms with Crippen molar-refractivity contribution in [2.24, 2.45) is 0 Å². The van der Waals surface area contributed by atoms with Gasteiger partial charge in [0.25, 0.3) is 0 Å². The minimum Gasteiger partial charge on any atom is -0.394 e. The fourth-order valence-electron chi connectivity index (χ4n) is 2.00. The molecule has 0 radical (unpaired) electrons. The summed E-state index contributed by atoms with van der Waals surface area (Å²) in [7, 11) is 0. The number of hydrogen-bond acceptors (Lipinski definition) is 9. The number of ether oxygens (including phenoxy) is 5. The van der Waals surface area contributed by atoms with E-state index in [1.54, 1.807) is 0 Å². The highest BCUT2D eigenvalue weighted by Gasteiger charge is 2.43. The maximum Gasteiger partial charge on any atom is 0.186 e. The first-order valence-corrected chi connectivity index (χ1v) is 7.70. The van der Waals surface area contributed by atoms with Crippen molar-refractivity contribution in [3.63, 3.8) is 0 Å². The molecule has 1 saturated heterocycles. The summed E-state index contributed by atoms with van der Waals surface area (Å²) in [6.45, 7) is 1.68. The van der Waals surface area contributed by atoms with Crippen LogP contribution < -0.4 is 0 Å². The normalized spacial score (nSPS) is 30.2. The van der Waals surface area contributed by atoms with Crippen molar-refractivity contribution in [2.45, 2.75) is 30.7 Å². The molecule has 3 unspecified atom stereocenters. The maximum absolute atomic E-state index is 9.76. The topological polar surface area (TPSA) is 127 Å². The predicted octanol–water partition coefficient (Wildman–Crippen LogP) is -2.51. The average molecular weight is 350 g/mol. The van der Waals surface area contributed by atoms with E-state index in [-0.39, 0.29) is 19.8 Å². The third kappa shape index (κ3) is 7.40. The molecule has 0 bridgehead atoms. The Hall–Kier alpha value is -0.800. The second-order valence-corrected chi connectivity index (χ2v) is 5.05. The van der Waals surface area contributed by atoms with Crippen LogP contribution in [0.5, 0.6) is 0 Å². The van der Waals surface area contributed by atoms with Gasteiger partial charge in [-0.25, -0.2) is 0 Å². The van der Waals surface area contributed by atoms with Crippen molar-refractivity contribution in [3.8, 4) is 12.3 Å². The van der Waals surface area contributed by atoms with E-state index in [9.17, 15) is 15.3 Å². The summed E-state index contributed by atoms with van der Waals surface area (Å²) in [6.07, 6.45) is -1.37. The molecule has 24 heavy (non-hydrogen) atoms. The van der Waals surface area contributed by atoms with E-state index in [0.717, 1.165) is 0 Å². The first-order valence-electron chi connectivity index (χ1n) is 7.70. The third-order valence-corrected chi connectivity index (χ3v) is 3.29. The van der Waals surface area contributed by atoms with Gasteiger partial charge in [0, 0.05) is 0 Å². The van der Waals surface area contributed by atoms with Crippen LogP contribution in [0, 0.1) is 12.3 Å². The van der Waals surface area contributed by atoms with E-state index in [4.69, 9.17) is 35.2 Å². The van der Waals surface area contributed by atoms with Crippen LogP contribution in [0.2, 0.25) is 0 Å². The Morgan fingerprint density at radius 2 is 1.42 bits per heavy atom. The molecule has 1 aliphatic rings. The molecule has 0 aromatic rings. The molecule has 0 amide bonds. The summed E-state index contributed by atoms with van der Waals surface area (Å²) in [6, 6.07) is 0. The van der Waals surface area contributed by atoms with E-state index in [1.165, 1.54) is 0 Å². The van der Waals surface area contributed by atoms with Crippen LogP contribution in [-0.4, -0.2) is 104 Å². The lowest BCUT2D eigenvalue weighted by atomic mass is 9.99. The minimum atomic E-state index is -1.45. The van der Waals surface area contributed by atoms with Gasteiger partial charge in [0.15, 0.2) is 6.29 Å². The van der Waals surface area contributed by atoms with Gasteiger partial charge >= 0.3 is 0 Å². The number of terminal acetylenes is 1. The Bertz CT molecular complexity index is 357. The molecule has 0 saturated carbocycles. The van der Waals surface area contributed by atoms with Gasteiger partial charge in [0.1, 0.15) is 31.0 Å². The molecule has 1 heterocycles. The summed E-state index contributed by atoms with van der Waals surface area (Å²) >= 11 is 0. The molecule has 140 valence electrons. The van der Waals surface area contributed by atoms with Gasteiger partial charge in [-0.2, -0.15) is 0 Å². The second-order valence-electron chi connectivity index (χ2n) is 5.05. The monoisotopic (exact) mass is 350 g/mol. The second kappa shape index (κ2) is 12.5. The Labute approximate surface area is 141 Å². The molecule has 1 aliphatic heterocycles. The van der Waals surface area contributed by atoms with E-state index in [1.807, 2.05) is 0 Å². The standard InChI is InChI=1S/C15H26O9/c1-2-3-20-4-5-21-6-7-22-8-9-23-15-14(19)13(18)12(17)11(10-16)24-15/h1,11-19H,3-10H2/t11?,12-,13?,14?,15+/m1/s1. The van der Waals surface area contributed by atoms with Crippen LogP contribution >= 0.6 is 0 Å². The van der Waals surface area contributed by atoms with Crippen molar-refractivity contribution in [2.75, 3.05) is 52.9 Å². The molecule has 1 rings (SSSR count). The highest BCUT2D eigenvalue weighted by molar-refractivity contribution is 4.88. The summed E-state index contributed by atoms with van der Waals surface area (Å²) in [5.41, 5.74) is 0. The molecule has 0 aromatic carbocycles. The molecule has 4 N–H and O–H groups in total. The fourth-order valence-corrected chi connectivity index (χ4v) is 2.00. The molecule has 9 heteroatoms. The van der Waals surface area contributed by atoms with Gasteiger partial charge in [0.2, 0.25) is 0 Å². The Morgan fingerprint density at radius 3 is 2.00 bits per heavy atom. The zero-order chi connectivity index (χ0) is 17.8. The molecular weight excluding hydrogens is 324 g/mol. The lowest BCUT2D eigenvalue weighted by Gasteiger charge is -2.39. The number of aliphatic hydroxyl groups excluding tert-OH is 4. The summed E-state index contributed by atoms with van der Waals surface area (Å²) in [5, 5.41) is 38.0. The number of rotatable bonds is 12. The van der Waals surface area contributed by atoms with Crippen molar-refractivity contribution in [1.29, 1.82) is 0 Å². The highest BCUT2D eigenvalue weighted by Crippen LogP contribution is 2.21. The van der Waals surface area contributed by atoms with Crippen LogP contribution in [0.3, 0.4) is 0 Å². The average Bonchev–Trinajstić information content (AvgIpc) is 2.59. The van der Waals surface area contributed by atoms with Crippen LogP contribution in [-0.2, 0) is 23.7 Å². The van der Waals surface area contributed by atoms with Gasteiger partial charge in [-0.05, 0) is 0 Å². The van der Waals surface area contributed by atoms with Crippen LogP contribution in [0.4, 0.5) is 0 Å². The van der Waals surface area contributed by atoms with Crippen LogP contribution in [0.15, 0.2) is 0 Å². The highest BCUT2D eigenvalue weighted by atomic mass is 16.7. The van der Waals surface area contributed by atoms with Crippen LogP contribution in [0.1, 0.15) is 0 Å². The van der Waals surface area contributed by atoms with E-state index in [2.05, 4.69) is 5.92 Å².